The van der Waals surface area contributed by atoms with Crippen LogP contribution in [0.4, 0.5) is 0 Å². The molecule has 0 aliphatic rings. The molecule has 0 aromatic heterocycles. The lowest BCUT2D eigenvalue weighted by Crippen LogP contribution is -2.51. The maximum absolute atomic E-state index is 12.2. The second kappa shape index (κ2) is 9.59. The molecule has 0 aliphatic heterocycles. The summed E-state index contributed by atoms with van der Waals surface area (Å²) < 4.78 is 5.03. The van der Waals surface area contributed by atoms with Crippen molar-refractivity contribution in [3.05, 3.63) is 0 Å². The summed E-state index contributed by atoms with van der Waals surface area (Å²) in [6.45, 7) is 10.0. The Labute approximate surface area is 118 Å². The molecule has 2 N–H and O–H groups in total. The predicted molar refractivity (Wildman–Crippen MR) is 78.0 cm³/mol. The summed E-state index contributed by atoms with van der Waals surface area (Å²) in [4.78, 5) is 14.1. The monoisotopic (exact) mass is 280 g/mol. The van der Waals surface area contributed by atoms with E-state index in [1.807, 2.05) is 25.7 Å². The van der Waals surface area contributed by atoms with E-state index in [-0.39, 0.29) is 23.7 Å². The number of carbonyl (C=O) groups excluding carboxylic acids is 1. The van der Waals surface area contributed by atoms with E-state index in [2.05, 4.69) is 6.92 Å². The van der Waals surface area contributed by atoms with Gasteiger partial charge < -0.3 is 15.4 Å². The lowest BCUT2D eigenvalue weighted by Gasteiger charge is -2.32. The van der Waals surface area contributed by atoms with E-state index in [4.69, 9.17) is 10.5 Å². The second-order valence-electron chi connectivity index (χ2n) is 5.52. The van der Waals surface area contributed by atoms with Gasteiger partial charge in [0.25, 0.3) is 0 Å². The zero-order valence-corrected chi connectivity index (χ0v) is 13.2. The van der Waals surface area contributed by atoms with Gasteiger partial charge in [0.05, 0.1) is 12.6 Å². The minimum absolute atomic E-state index is 0. The number of nitrogens with zero attached hydrogens (tertiary/aromatic N) is 1. The molecule has 0 bridgehead atoms. The van der Waals surface area contributed by atoms with Crippen LogP contribution in [0.3, 0.4) is 0 Å². The van der Waals surface area contributed by atoms with Crippen LogP contribution in [0, 0.1) is 5.41 Å². The Morgan fingerprint density at radius 3 is 2.28 bits per heavy atom. The fraction of sp³-hybridized carbons (Fsp3) is 0.923. The van der Waals surface area contributed by atoms with Crippen LogP contribution in [0.5, 0.6) is 0 Å². The highest BCUT2D eigenvalue weighted by Crippen LogP contribution is 2.19. The van der Waals surface area contributed by atoms with E-state index < -0.39 is 6.04 Å². The smallest absolute Gasteiger partial charge is 0.240 e. The van der Waals surface area contributed by atoms with Crippen LogP contribution < -0.4 is 5.73 Å². The highest BCUT2D eigenvalue weighted by Gasteiger charge is 2.30. The average molecular weight is 281 g/mol. The molecule has 5 heteroatoms. The van der Waals surface area contributed by atoms with Gasteiger partial charge in [0.2, 0.25) is 5.91 Å². The van der Waals surface area contributed by atoms with E-state index in [1.165, 1.54) is 0 Å². The van der Waals surface area contributed by atoms with Gasteiger partial charge in [-0.25, -0.2) is 0 Å². The molecule has 4 nitrogen and oxygen atoms in total. The normalized spacial score (nSPS) is 12.8. The highest BCUT2D eigenvalue weighted by atomic mass is 35.5. The summed E-state index contributed by atoms with van der Waals surface area (Å²) in [6, 6.07) is -0.448. The number of methoxy groups -OCH3 is 1. The summed E-state index contributed by atoms with van der Waals surface area (Å²) in [6.07, 6.45) is 2.08. The molecule has 0 saturated heterocycles. The quantitative estimate of drug-likeness (QED) is 0.777. The number of ether oxygens (including phenoxy) is 1. The molecule has 18 heavy (non-hydrogen) atoms. The van der Waals surface area contributed by atoms with Crippen LogP contribution in [0.1, 0.15) is 40.5 Å². The molecule has 0 saturated carbocycles. The van der Waals surface area contributed by atoms with Crippen LogP contribution in [-0.4, -0.2) is 43.7 Å². The molecular weight excluding hydrogens is 252 g/mol. The predicted octanol–water partition coefficient (Wildman–Crippen LogP) is 2.06. The highest BCUT2D eigenvalue weighted by molar-refractivity contribution is 5.85. The van der Waals surface area contributed by atoms with Gasteiger partial charge in [-0.2, -0.15) is 0 Å². The number of halogens is 1. The molecule has 0 fully saturated rings. The number of hydrogen-bond donors (Lipinski definition) is 1. The zero-order chi connectivity index (χ0) is 13.5. The van der Waals surface area contributed by atoms with Crippen molar-refractivity contribution >= 4 is 18.3 Å². The topological polar surface area (TPSA) is 55.6 Å². The molecule has 0 aromatic carbocycles. The standard InChI is InChI=1S/C13H28N2O2.ClH/c1-6-7-8-15(9-10-17-5)12(16)11(14)13(2,3)4;/h11H,6-10,14H2,1-5H3;1H/t11-;/m1./s1. The van der Waals surface area contributed by atoms with Gasteiger partial charge in [-0.05, 0) is 11.8 Å². The summed E-state index contributed by atoms with van der Waals surface area (Å²) in [5.41, 5.74) is 5.81. The Morgan fingerprint density at radius 2 is 1.89 bits per heavy atom. The van der Waals surface area contributed by atoms with Crippen molar-refractivity contribution in [1.82, 2.24) is 4.90 Å². The van der Waals surface area contributed by atoms with E-state index in [0.717, 1.165) is 19.4 Å². The van der Waals surface area contributed by atoms with E-state index in [9.17, 15) is 4.79 Å². The van der Waals surface area contributed by atoms with Crippen molar-refractivity contribution in [1.29, 1.82) is 0 Å². The van der Waals surface area contributed by atoms with Crippen LogP contribution in [-0.2, 0) is 9.53 Å². The molecule has 1 atom stereocenters. The Hall–Kier alpha value is -0.320. The average Bonchev–Trinajstić information content (AvgIpc) is 2.26. The van der Waals surface area contributed by atoms with Crippen molar-refractivity contribution < 1.29 is 9.53 Å². The maximum atomic E-state index is 12.2. The molecular formula is C13H29ClN2O2. The lowest BCUT2D eigenvalue weighted by molar-refractivity contribution is -0.135. The van der Waals surface area contributed by atoms with Gasteiger partial charge in [0, 0.05) is 20.2 Å². The molecule has 0 unspecified atom stereocenters. The first-order chi connectivity index (χ1) is 7.84. The third-order valence-electron chi connectivity index (χ3n) is 2.86. The fourth-order valence-corrected chi connectivity index (χ4v) is 1.45. The Morgan fingerprint density at radius 1 is 1.33 bits per heavy atom. The van der Waals surface area contributed by atoms with E-state index in [0.29, 0.717) is 13.2 Å². The van der Waals surface area contributed by atoms with E-state index >= 15 is 0 Å². The number of hydrogen-bond acceptors (Lipinski definition) is 3. The van der Waals surface area contributed by atoms with Crippen molar-refractivity contribution in [2.75, 3.05) is 26.8 Å². The SMILES string of the molecule is CCCCN(CCOC)C(=O)[C@@H](N)C(C)(C)C.Cl. The number of rotatable bonds is 7. The van der Waals surface area contributed by atoms with Crippen molar-refractivity contribution in [3.8, 4) is 0 Å². The fourth-order valence-electron chi connectivity index (χ4n) is 1.45. The van der Waals surface area contributed by atoms with Gasteiger partial charge in [-0.3, -0.25) is 4.79 Å². The third kappa shape index (κ3) is 7.19. The number of carbonyl (C=O) groups is 1. The van der Waals surface area contributed by atoms with Gasteiger partial charge in [-0.15, -0.1) is 12.4 Å². The van der Waals surface area contributed by atoms with Crippen LogP contribution in [0.15, 0.2) is 0 Å². The van der Waals surface area contributed by atoms with Crippen LogP contribution >= 0.6 is 12.4 Å². The largest absolute Gasteiger partial charge is 0.383 e. The van der Waals surface area contributed by atoms with Gasteiger partial charge in [0.1, 0.15) is 0 Å². The third-order valence-corrected chi connectivity index (χ3v) is 2.86. The first-order valence-corrected chi connectivity index (χ1v) is 6.37. The first-order valence-electron chi connectivity index (χ1n) is 6.37. The Bertz CT molecular complexity index is 222. The summed E-state index contributed by atoms with van der Waals surface area (Å²) in [7, 11) is 1.65. The van der Waals surface area contributed by atoms with Crippen molar-refractivity contribution in [2.45, 2.75) is 46.6 Å². The van der Waals surface area contributed by atoms with Gasteiger partial charge >= 0.3 is 0 Å². The second-order valence-corrected chi connectivity index (χ2v) is 5.52. The first kappa shape index (κ1) is 20.0. The van der Waals surface area contributed by atoms with Crippen LogP contribution in [0.2, 0.25) is 0 Å². The number of amides is 1. The van der Waals surface area contributed by atoms with Gasteiger partial charge in [0.15, 0.2) is 0 Å². The van der Waals surface area contributed by atoms with E-state index in [1.54, 1.807) is 7.11 Å². The molecule has 0 spiro atoms. The van der Waals surface area contributed by atoms with Crippen LogP contribution in [0.25, 0.3) is 0 Å². The Kier molecular flexibility index (Phi) is 10.7. The summed E-state index contributed by atoms with van der Waals surface area (Å²) in [5, 5.41) is 0. The molecule has 0 aromatic rings. The number of unbranched alkanes of at least 4 members (excludes halogenated alkanes) is 1. The van der Waals surface area contributed by atoms with Crippen molar-refractivity contribution in [3.63, 3.8) is 0 Å². The maximum Gasteiger partial charge on any atom is 0.240 e. The summed E-state index contributed by atoms with van der Waals surface area (Å²) >= 11 is 0. The molecule has 110 valence electrons. The molecule has 0 heterocycles. The molecule has 0 rings (SSSR count). The zero-order valence-electron chi connectivity index (χ0n) is 12.4. The molecule has 0 radical (unpaired) electrons. The molecule has 0 aliphatic carbocycles. The number of nitrogens with two attached hydrogens (primary N) is 1. The molecule has 1 amide bonds. The summed E-state index contributed by atoms with van der Waals surface area (Å²) in [5.74, 6) is 0.0306. The van der Waals surface area contributed by atoms with Gasteiger partial charge in [-0.1, -0.05) is 34.1 Å². The van der Waals surface area contributed by atoms with Crippen molar-refractivity contribution in [2.24, 2.45) is 11.1 Å². The lowest BCUT2D eigenvalue weighted by atomic mass is 9.86. The Balaban J connectivity index is 0. The minimum atomic E-state index is -0.448. The minimum Gasteiger partial charge on any atom is -0.383 e.